The molecule has 0 fully saturated rings. The number of thioether (sulfide) groups is 1. The molecule has 78 valence electrons. The standard InChI is InChI=1S/C10H15NOS2/c1-7(12)5-13-9-11-8(6-14-9)10(2,3)4/h6H,5H2,1-4H3. The van der Waals surface area contributed by atoms with Gasteiger partial charge in [-0.3, -0.25) is 4.79 Å². The molecule has 0 aliphatic rings. The van der Waals surface area contributed by atoms with Crippen LogP contribution in [0.2, 0.25) is 0 Å². The number of hydrogen-bond acceptors (Lipinski definition) is 4. The topological polar surface area (TPSA) is 30.0 Å². The Balaban J connectivity index is 2.64. The first-order chi connectivity index (χ1) is 6.39. The third-order valence-corrected chi connectivity index (χ3v) is 3.82. The number of hydrogen-bond donors (Lipinski definition) is 0. The van der Waals surface area contributed by atoms with E-state index in [2.05, 4.69) is 31.1 Å². The van der Waals surface area contributed by atoms with Crippen LogP contribution in [-0.2, 0) is 10.2 Å². The van der Waals surface area contributed by atoms with Crippen LogP contribution in [0.3, 0.4) is 0 Å². The highest BCUT2D eigenvalue weighted by molar-refractivity contribution is 8.01. The molecule has 4 heteroatoms. The summed E-state index contributed by atoms with van der Waals surface area (Å²) in [6.45, 7) is 8.02. The number of aromatic nitrogens is 1. The van der Waals surface area contributed by atoms with E-state index in [-0.39, 0.29) is 11.2 Å². The molecule has 1 rings (SSSR count). The molecule has 0 aliphatic carbocycles. The van der Waals surface area contributed by atoms with Crippen molar-refractivity contribution in [2.24, 2.45) is 0 Å². The van der Waals surface area contributed by atoms with E-state index in [0.29, 0.717) is 5.75 Å². The summed E-state index contributed by atoms with van der Waals surface area (Å²) in [4.78, 5) is 15.3. The summed E-state index contributed by atoms with van der Waals surface area (Å²) in [7, 11) is 0. The zero-order valence-corrected chi connectivity index (χ0v) is 10.6. The lowest BCUT2D eigenvalue weighted by Gasteiger charge is -2.13. The second-order valence-electron chi connectivity index (χ2n) is 4.24. The van der Waals surface area contributed by atoms with Gasteiger partial charge in [-0.15, -0.1) is 11.3 Å². The summed E-state index contributed by atoms with van der Waals surface area (Å²) >= 11 is 3.14. The normalized spacial score (nSPS) is 11.7. The van der Waals surface area contributed by atoms with Crippen LogP contribution >= 0.6 is 23.1 Å². The highest BCUT2D eigenvalue weighted by Gasteiger charge is 2.17. The van der Waals surface area contributed by atoms with Crippen molar-refractivity contribution in [1.29, 1.82) is 0 Å². The molecule has 2 nitrogen and oxygen atoms in total. The Kier molecular flexibility index (Phi) is 3.72. The first kappa shape index (κ1) is 11.7. The second-order valence-corrected chi connectivity index (χ2v) is 6.32. The molecule has 0 spiro atoms. The summed E-state index contributed by atoms with van der Waals surface area (Å²) in [5.74, 6) is 0.722. The molecule has 0 N–H and O–H groups in total. The number of thiazole rings is 1. The maximum Gasteiger partial charge on any atom is 0.150 e. The van der Waals surface area contributed by atoms with Gasteiger partial charge in [0, 0.05) is 10.8 Å². The van der Waals surface area contributed by atoms with Crippen LogP contribution in [0.1, 0.15) is 33.4 Å². The lowest BCUT2D eigenvalue weighted by atomic mass is 9.93. The Labute approximate surface area is 93.1 Å². The van der Waals surface area contributed by atoms with Gasteiger partial charge in [0.05, 0.1) is 11.4 Å². The molecular weight excluding hydrogens is 214 g/mol. The zero-order chi connectivity index (χ0) is 10.8. The quantitative estimate of drug-likeness (QED) is 0.746. The molecule has 0 saturated heterocycles. The van der Waals surface area contributed by atoms with Crippen molar-refractivity contribution in [3.8, 4) is 0 Å². The molecule has 0 bridgehead atoms. The molecule has 1 heterocycles. The average molecular weight is 229 g/mol. The second kappa shape index (κ2) is 4.45. The Hall–Kier alpha value is -0.350. The fourth-order valence-electron chi connectivity index (χ4n) is 0.831. The highest BCUT2D eigenvalue weighted by Crippen LogP contribution is 2.28. The van der Waals surface area contributed by atoms with E-state index < -0.39 is 0 Å². The zero-order valence-electron chi connectivity index (χ0n) is 8.96. The molecule has 0 aromatic carbocycles. The average Bonchev–Trinajstić information content (AvgIpc) is 2.47. The van der Waals surface area contributed by atoms with Crippen molar-refractivity contribution in [2.75, 3.05) is 5.75 Å². The first-order valence-electron chi connectivity index (χ1n) is 4.48. The van der Waals surface area contributed by atoms with Crippen LogP contribution in [0, 0.1) is 0 Å². The predicted molar refractivity (Wildman–Crippen MR) is 62.2 cm³/mol. The third kappa shape index (κ3) is 3.42. The van der Waals surface area contributed by atoms with E-state index in [1.54, 1.807) is 18.3 Å². The Morgan fingerprint density at radius 2 is 2.21 bits per heavy atom. The molecule has 0 amide bonds. The lowest BCUT2D eigenvalue weighted by Crippen LogP contribution is -2.11. The first-order valence-corrected chi connectivity index (χ1v) is 6.34. The summed E-state index contributed by atoms with van der Waals surface area (Å²) in [5.41, 5.74) is 1.21. The van der Waals surface area contributed by atoms with Gasteiger partial charge in [0.15, 0.2) is 4.34 Å². The van der Waals surface area contributed by atoms with Crippen molar-refractivity contribution in [2.45, 2.75) is 37.4 Å². The third-order valence-electron chi connectivity index (χ3n) is 1.65. The minimum atomic E-state index is 0.103. The van der Waals surface area contributed by atoms with Gasteiger partial charge in [-0.1, -0.05) is 32.5 Å². The summed E-state index contributed by atoms with van der Waals surface area (Å²) in [5, 5.41) is 2.07. The number of rotatable bonds is 3. The lowest BCUT2D eigenvalue weighted by molar-refractivity contribution is -0.114. The molecule has 0 unspecified atom stereocenters. The predicted octanol–water partition coefficient (Wildman–Crippen LogP) is 3.12. The highest BCUT2D eigenvalue weighted by atomic mass is 32.2. The van der Waals surface area contributed by atoms with Gasteiger partial charge >= 0.3 is 0 Å². The van der Waals surface area contributed by atoms with Gasteiger partial charge in [-0.05, 0) is 6.92 Å². The molecule has 1 aromatic rings. The van der Waals surface area contributed by atoms with Gasteiger partial charge in [-0.25, -0.2) is 4.98 Å². The van der Waals surface area contributed by atoms with E-state index in [1.165, 1.54) is 11.8 Å². The van der Waals surface area contributed by atoms with Crippen molar-refractivity contribution in [1.82, 2.24) is 4.98 Å². The van der Waals surface area contributed by atoms with Gasteiger partial charge in [0.1, 0.15) is 5.78 Å². The van der Waals surface area contributed by atoms with Crippen LogP contribution in [0.4, 0.5) is 0 Å². The Morgan fingerprint density at radius 1 is 1.57 bits per heavy atom. The van der Waals surface area contributed by atoms with Gasteiger partial charge < -0.3 is 0 Å². The molecule has 0 atom stereocenters. The van der Waals surface area contributed by atoms with Gasteiger partial charge in [-0.2, -0.15) is 0 Å². The fraction of sp³-hybridized carbons (Fsp3) is 0.600. The van der Waals surface area contributed by atoms with E-state index in [9.17, 15) is 4.79 Å². The van der Waals surface area contributed by atoms with E-state index in [4.69, 9.17) is 0 Å². The van der Waals surface area contributed by atoms with Crippen molar-refractivity contribution in [3.05, 3.63) is 11.1 Å². The molecule has 0 radical (unpaired) electrons. The molecule has 1 aromatic heterocycles. The number of carbonyl (C=O) groups is 1. The Morgan fingerprint density at radius 3 is 2.64 bits per heavy atom. The van der Waals surface area contributed by atoms with Crippen LogP contribution < -0.4 is 0 Å². The SMILES string of the molecule is CC(=O)CSc1nc(C(C)(C)C)cs1. The van der Waals surface area contributed by atoms with Crippen molar-refractivity contribution < 1.29 is 4.79 Å². The van der Waals surface area contributed by atoms with Crippen molar-refractivity contribution >= 4 is 28.9 Å². The largest absolute Gasteiger partial charge is 0.299 e. The summed E-state index contributed by atoms with van der Waals surface area (Å²) in [6.07, 6.45) is 0. The molecule has 14 heavy (non-hydrogen) atoms. The number of carbonyl (C=O) groups excluding carboxylic acids is 1. The number of nitrogens with zero attached hydrogens (tertiary/aromatic N) is 1. The van der Waals surface area contributed by atoms with Gasteiger partial charge in [0.2, 0.25) is 0 Å². The summed E-state index contributed by atoms with van der Waals surface area (Å²) in [6, 6.07) is 0. The minimum Gasteiger partial charge on any atom is -0.299 e. The molecule has 0 saturated carbocycles. The summed E-state index contributed by atoms with van der Waals surface area (Å²) < 4.78 is 0.991. The van der Waals surface area contributed by atoms with Gasteiger partial charge in [0.25, 0.3) is 0 Å². The molecule has 0 aliphatic heterocycles. The van der Waals surface area contributed by atoms with Crippen LogP contribution in [0.15, 0.2) is 9.72 Å². The smallest absolute Gasteiger partial charge is 0.150 e. The number of Topliss-reactive ketones (excluding diaryl/α,β-unsaturated/α-hetero) is 1. The molecular formula is C10H15NOS2. The van der Waals surface area contributed by atoms with Crippen LogP contribution in [0.25, 0.3) is 0 Å². The monoisotopic (exact) mass is 229 g/mol. The van der Waals surface area contributed by atoms with E-state index >= 15 is 0 Å². The minimum absolute atomic E-state index is 0.103. The maximum absolute atomic E-state index is 10.8. The Bertz CT molecular complexity index is 325. The maximum atomic E-state index is 10.8. The van der Waals surface area contributed by atoms with Crippen LogP contribution in [0.5, 0.6) is 0 Å². The van der Waals surface area contributed by atoms with Crippen LogP contribution in [-0.4, -0.2) is 16.5 Å². The van der Waals surface area contributed by atoms with Crippen molar-refractivity contribution in [3.63, 3.8) is 0 Å². The number of ketones is 1. The van der Waals surface area contributed by atoms with E-state index in [0.717, 1.165) is 10.0 Å². The van der Waals surface area contributed by atoms with E-state index in [1.807, 2.05) is 0 Å². The fourth-order valence-corrected chi connectivity index (χ4v) is 2.68.